The van der Waals surface area contributed by atoms with Gasteiger partial charge in [0.1, 0.15) is 0 Å². The monoisotopic (exact) mass is 277 g/mol. The zero-order chi connectivity index (χ0) is 14.3. The third-order valence-corrected chi connectivity index (χ3v) is 4.58. The number of rotatable bonds is 1. The lowest BCUT2D eigenvalue weighted by Crippen LogP contribution is -2.54. The number of carbonyl (C=O) groups excluding carboxylic acids is 2. The fourth-order valence-corrected chi connectivity index (χ4v) is 3.76. The third-order valence-electron chi connectivity index (χ3n) is 4.58. The number of carbonyl (C=O) groups is 2. The van der Waals surface area contributed by atoms with Crippen LogP contribution in [0.3, 0.4) is 0 Å². The third kappa shape index (κ3) is 2.62. The van der Waals surface area contributed by atoms with E-state index in [-0.39, 0.29) is 19.3 Å². The van der Waals surface area contributed by atoms with Gasteiger partial charge in [0, 0.05) is 12.3 Å². The van der Waals surface area contributed by atoms with E-state index in [9.17, 15) is 22.8 Å². The SMILES string of the molecule is CCC1C(=O)NC(=O)CC12CCCC(C(F)(F)F)C2. The first-order chi connectivity index (χ1) is 8.78. The maximum Gasteiger partial charge on any atom is 0.391 e. The molecule has 0 bridgehead atoms. The molecule has 1 N–H and O–H groups in total. The smallest absolute Gasteiger partial charge is 0.296 e. The van der Waals surface area contributed by atoms with Crippen molar-refractivity contribution < 1.29 is 22.8 Å². The van der Waals surface area contributed by atoms with Crippen molar-refractivity contribution in [2.75, 3.05) is 0 Å². The predicted octanol–water partition coefficient (Wildman–Crippen LogP) is 2.80. The Kier molecular flexibility index (Phi) is 3.62. The Morgan fingerprint density at radius 1 is 1.37 bits per heavy atom. The van der Waals surface area contributed by atoms with Crippen molar-refractivity contribution in [3.63, 3.8) is 0 Å². The largest absolute Gasteiger partial charge is 0.391 e. The Balaban J connectivity index is 2.28. The minimum absolute atomic E-state index is 0.0455. The molecule has 3 nitrogen and oxygen atoms in total. The molecule has 1 saturated carbocycles. The Labute approximate surface area is 109 Å². The van der Waals surface area contributed by atoms with Gasteiger partial charge in [-0.3, -0.25) is 14.9 Å². The molecule has 19 heavy (non-hydrogen) atoms. The highest BCUT2D eigenvalue weighted by molar-refractivity contribution is 5.99. The first-order valence-electron chi connectivity index (χ1n) is 6.69. The predicted molar refractivity (Wildman–Crippen MR) is 62.0 cm³/mol. The molecule has 2 amide bonds. The highest BCUT2D eigenvalue weighted by Gasteiger charge is 2.54. The van der Waals surface area contributed by atoms with Gasteiger partial charge in [-0.1, -0.05) is 13.3 Å². The molecule has 0 radical (unpaired) electrons. The van der Waals surface area contributed by atoms with Crippen LogP contribution in [0.15, 0.2) is 0 Å². The van der Waals surface area contributed by atoms with E-state index in [4.69, 9.17) is 0 Å². The van der Waals surface area contributed by atoms with Crippen LogP contribution in [-0.2, 0) is 9.59 Å². The van der Waals surface area contributed by atoms with Gasteiger partial charge in [-0.05, 0) is 31.1 Å². The van der Waals surface area contributed by atoms with Gasteiger partial charge in [0.15, 0.2) is 0 Å². The number of imide groups is 1. The summed E-state index contributed by atoms with van der Waals surface area (Å²) in [6.07, 6.45) is -2.72. The summed E-state index contributed by atoms with van der Waals surface area (Å²) in [4.78, 5) is 23.4. The summed E-state index contributed by atoms with van der Waals surface area (Å²) >= 11 is 0. The fraction of sp³-hybridized carbons (Fsp3) is 0.846. The number of hydrogen-bond donors (Lipinski definition) is 1. The summed E-state index contributed by atoms with van der Waals surface area (Å²) in [5.74, 6) is -2.69. The molecule has 1 heterocycles. The van der Waals surface area contributed by atoms with Crippen LogP contribution in [0.5, 0.6) is 0 Å². The molecule has 0 aromatic carbocycles. The molecule has 1 spiro atoms. The molecule has 2 aliphatic rings. The molecule has 108 valence electrons. The Morgan fingerprint density at radius 3 is 2.63 bits per heavy atom. The summed E-state index contributed by atoms with van der Waals surface area (Å²) in [5, 5.41) is 2.25. The number of alkyl halides is 3. The summed E-state index contributed by atoms with van der Waals surface area (Å²) in [6, 6.07) is 0. The molecule has 3 unspecified atom stereocenters. The van der Waals surface area contributed by atoms with Gasteiger partial charge in [0.25, 0.3) is 0 Å². The molecule has 3 atom stereocenters. The van der Waals surface area contributed by atoms with Crippen LogP contribution in [-0.4, -0.2) is 18.0 Å². The van der Waals surface area contributed by atoms with Gasteiger partial charge < -0.3 is 0 Å². The number of amides is 2. The van der Waals surface area contributed by atoms with E-state index in [0.717, 1.165) is 0 Å². The molecule has 1 saturated heterocycles. The lowest BCUT2D eigenvalue weighted by molar-refractivity contribution is -0.199. The summed E-state index contributed by atoms with van der Waals surface area (Å²) < 4.78 is 38.8. The quantitative estimate of drug-likeness (QED) is 0.749. The fourth-order valence-electron chi connectivity index (χ4n) is 3.76. The molecular formula is C13H18F3NO2. The minimum Gasteiger partial charge on any atom is -0.296 e. The van der Waals surface area contributed by atoms with Crippen LogP contribution in [0.2, 0.25) is 0 Å². The summed E-state index contributed by atoms with van der Waals surface area (Å²) in [5.41, 5.74) is -0.785. The second kappa shape index (κ2) is 4.80. The van der Waals surface area contributed by atoms with E-state index >= 15 is 0 Å². The van der Waals surface area contributed by atoms with Gasteiger partial charge in [0.05, 0.1) is 5.92 Å². The average molecular weight is 277 g/mol. The molecule has 6 heteroatoms. The maximum absolute atomic E-state index is 12.9. The highest BCUT2D eigenvalue weighted by atomic mass is 19.4. The second-order valence-corrected chi connectivity index (χ2v) is 5.75. The Bertz CT molecular complexity index is 394. The normalized spacial score (nSPS) is 36.4. The molecule has 2 rings (SSSR count). The van der Waals surface area contributed by atoms with Crippen LogP contribution in [0.25, 0.3) is 0 Å². The molecule has 2 fully saturated rings. The van der Waals surface area contributed by atoms with Gasteiger partial charge >= 0.3 is 6.18 Å². The standard InChI is InChI=1S/C13H18F3NO2/c1-2-9-11(19)17-10(18)7-12(9)5-3-4-8(6-12)13(14,15)16/h8-9H,2-7H2,1H3,(H,17,18,19). The van der Waals surface area contributed by atoms with Gasteiger partial charge in [-0.15, -0.1) is 0 Å². The molecule has 0 aromatic heterocycles. The van der Waals surface area contributed by atoms with Crippen molar-refractivity contribution in [3.05, 3.63) is 0 Å². The summed E-state index contributed by atoms with van der Waals surface area (Å²) in [6.45, 7) is 1.79. The Hall–Kier alpha value is -1.07. The van der Waals surface area contributed by atoms with Crippen molar-refractivity contribution in [1.82, 2.24) is 5.32 Å². The van der Waals surface area contributed by atoms with E-state index in [1.165, 1.54) is 0 Å². The molecular weight excluding hydrogens is 259 g/mol. The van der Waals surface area contributed by atoms with E-state index in [1.807, 2.05) is 0 Å². The van der Waals surface area contributed by atoms with E-state index in [2.05, 4.69) is 5.32 Å². The number of piperidine rings is 1. The van der Waals surface area contributed by atoms with E-state index < -0.39 is 35.2 Å². The van der Waals surface area contributed by atoms with Crippen LogP contribution < -0.4 is 5.32 Å². The number of halogens is 3. The average Bonchev–Trinajstić information content (AvgIpc) is 2.27. The van der Waals surface area contributed by atoms with Crippen LogP contribution >= 0.6 is 0 Å². The molecule has 1 aliphatic carbocycles. The zero-order valence-electron chi connectivity index (χ0n) is 10.8. The maximum atomic E-state index is 12.9. The van der Waals surface area contributed by atoms with Crippen LogP contribution in [0, 0.1) is 17.3 Å². The number of hydrogen-bond acceptors (Lipinski definition) is 2. The molecule has 0 aromatic rings. The summed E-state index contributed by atoms with van der Waals surface area (Å²) in [7, 11) is 0. The van der Waals surface area contributed by atoms with Crippen molar-refractivity contribution in [1.29, 1.82) is 0 Å². The zero-order valence-corrected chi connectivity index (χ0v) is 10.8. The van der Waals surface area contributed by atoms with Gasteiger partial charge in [-0.25, -0.2) is 0 Å². The van der Waals surface area contributed by atoms with Gasteiger partial charge in [-0.2, -0.15) is 13.2 Å². The van der Waals surface area contributed by atoms with Crippen LogP contribution in [0.1, 0.15) is 45.4 Å². The Morgan fingerprint density at radius 2 is 2.05 bits per heavy atom. The van der Waals surface area contributed by atoms with Crippen LogP contribution in [0.4, 0.5) is 13.2 Å². The van der Waals surface area contributed by atoms with Crippen molar-refractivity contribution in [2.45, 2.75) is 51.6 Å². The topological polar surface area (TPSA) is 46.2 Å². The lowest BCUT2D eigenvalue weighted by Gasteiger charge is -2.47. The lowest BCUT2D eigenvalue weighted by atomic mass is 9.58. The van der Waals surface area contributed by atoms with E-state index in [1.54, 1.807) is 6.92 Å². The first-order valence-corrected chi connectivity index (χ1v) is 6.69. The van der Waals surface area contributed by atoms with E-state index in [0.29, 0.717) is 19.3 Å². The van der Waals surface area contributed by atoms with Crippen molar-refractivity contribution >= 4 is 11.8 Å². The van der Waals surface area contributed by atoms with Crippen molar-refractivity contribution in [2.24, 2.45) is 17.3 Å². The molecule has 1 aliphatic heterocycles. The number of nitrogens with one attached hydrogen (secondary N) is 1. The van der Waals surface area contributed by atoms with Gasteiger partial charge in [0.2, 0.25) is 11.8 Å². The first kappa shape index (κ1) is 14.3. The highest BCUT2D eigenvalue weighted by Crippen LogP contribution is 2.53. The minimum atomic E-state index is -4.23. The second-order valence-electron chi connectivity index (χ2n) is 5.75. The van der Waals surface area contributed by atoms with Crippen molar-refractivity contribution in [3.8, 4) is 0 Å².